The Labute approximate surface area is 314 Å². The minimum absolute atomic E-state index is 0.0342. The number of halogens is 4. The van der Waals surface area contributed by atoms with Gasteiger partial charge in [-0.3, -0.25) is 19.2 Å². The molecule has 3 fully saturated rings. The molecule has 6 rings (SSSR count). The van der Waals surface area contributed by atoms with Gasteiger partial charge < -0.3 is 40.1 Å². The van der Waals surface area contributed by atoms with Crippen molar-refractivity contribution in [1.29, 1.82) is 0 Å². The van der Waals surface area contributed by atoms with E-state index in [4.69, 9.17) is 14.9 Å². The number of unbranched alkanes of at least 4 members (excludes halogenated alkanes) is 1. The van der Waals surface area contributed by atoms with E-state index in [0.29, 0.717) is 45.1 Å². The summed E-state index contributed by atoms with van der Waals surface area (Å²) in [4.78, 5) is 59.0. The van der Waals surface area contributed by atoms with Crippen molar-refractivity contribution in [2.45, 2.75) is 70.6 Å². The number of carbonyl (C=O) groups is 4. The molecule has 2 aromatic carbocycles. The Hall–Kier alpha value is -5.19. The number of oxazole rings is 1. The van der Waals surface area contributed by atoms with Crippen molar-refractivity contribution in [2.24, 2.45) is 17.6 Å². The second-order valence-electron chi connectivity index (χ2n) is 14.1. The maximum Gasteiger partial charge on any atom is 0.387 e. The maximum atomic E-state index is 14.9. The zero-order valence-corrected chi connectivity index (χ0v) is 30.3. The van der Waals surface area contributed by atoms with Gasteiger partial charge in [0.2, 0.25) is 23.6 Å². The second kappa shape index (κ2) is 17.5. The van der Waals surface area contributed by atoms with Crippen LogP contribution in [-0.2, 0) is 14.4 Å². The average molecular weight is 773 g/mol. The summed E-state index contributed by atoms with van der Waals surface area (Å²) in [6.45, 7) is 0.262. The van der Waals surface area contributed by atoms with Gasteiger partial charge in [0.25, 0.3) is 5.91 Å². The lowest BCUT2D eigenvalue weighted by Gasteiger charge is -2.35. The van der Waals surface area contributed by atoms with Gasteiger partial charge in [0.05, 0.1) is 18.7 Å². The van der Waals surface area contributed by atoms with E-state index in [1.807, 2.05) is 4.90 Å². The highest BCUT2D eigenvalue weighted by molar-refractivity contribution is 5.94. The lowest BCUT2D eigenvalue weighted by atomic mass is 10.0. The van der Waals surface area contributed by atoms with Crippen LogP contribution in [0.5, 0.6) is 11.5 Å². The van der Waals surface area contributed by atoms with Gasteiger partial charge in [-0.2, -0.15) is 8.78 Å². The van der Waals surface area contributed by atoms with E-state index in [1.165, 1.54) is 24.3 Å². The van der Waals surface area contributed by atoms with Gasteiger partial charge in [-0.05, 0) is 69.7 Å². The van der Waals surface area contributed by atoms with Gasteiger partial charge in [0.1, 0.15) is 11.6 Å². The molecule has 1 saturated heterocycles. The molecule has 2 saturated carbocycles. The van der Waals surface area contributed by atoms with E-state index >= 15 is 0 Å². The third-order valence-electron chi connectivity index (χ3n) is 9.67. The van der Waals surface area contributed by atoms with Gasteiger partial charge >= 0.3 is 6.61 Å². The summed E-state index contributed by atoms with van der Waals surface area (Å²) in [5, 5.41) is 5.34. The van der Waals surface area contributed by atoms with Gasteiger partial charge in [0.15, 0.2) is 23.0 Å². The molecule has 3 aliphatic rings. The fourth-order valence-electron chi connectivity index (χ4n) is 6.30. The first kappa shape index (κ1) is 39.5. The van der Waals surface area contributed by atoms with Crippen molar-refractivity contribution < 1.29 is 50.6 Å². The summed E-state index contributed by atoms with van der Waals surface area (Å²) in [7, 11) is 0. The molecule has 0 bridgehead atoms. The number of ether oxygens (including phenoxy) is 2. The van der Waals surface area contributed by atoms with E-state index in [-0.39, 0.29) is 89.1 Å². The molecule has 1 unspecified atom stereocenters. The second-order valence-corrected chi connectivity index (χ2v) is 14.1. The molecule has 55 heavy (non-hydrogen) atoms. The molecule has 4 amide bonds. The molecule has 4 N–H and O–H groups in total. The molecular formula is C38H44F4N6O7. The van der Waals surface area contributed by atoms with Crippen molar-refractivity contribution >= 4 is 23.6 Å². The van der Waals surface area contributed by atoms with Gasteiger partial charge in [0, 0.05) is 68.2 Å². The predicted molar refractivity (Wildman–Crippen MR) is 189 cm³/mol. The van der Waals surface area contributed by atoms with Crippen molar-refractivity contribution in [1.82, 2.24) is 25.4 Å². The smallest absolute Gasteiger partial charge is 0.387 e. The van der Waals surface area contributed by atoms with Crippen LogP contribution < -0.4 is 25.8 Å². The van der Waals surface area contributed by atoms with Crippen LogP contribution in [0.4, 0.5) is 17.6 Å². The van der Waals surface area contributed by atoms with Crippen molar-refractivity contribution in [2.75, 3.05) is 39.3 Å². The Morgan fingerprint density at radius 3 is 2.31 bits per heavy atom. The summed E-state index contributed by atoms with van der Waals surface area (Å²) in [6, 6.07) is 4.87. The molecule has 2 aliphatic carbocycles. The van der Waals surface area contributed by atoms with Gasteiger partial charge in [-0.25, -0.2) is 13.8 Å². The van der Waals surface area contributed by atoms with Crippen LogP contribution in [0.2, 0.25) is 0 Å². The molecule has 3 aromatic rings. The zero-order valence-electron chi connectivity index (χ0n) is 30.3. The number of hydrogen-bond acceptors (Lipinski definition) is 9. The minimum atomic E-state index is -3.15. The quantitative estimate of drug-likeness (QED) is 0.128. The maximum absolute atomic E-state index is 14.9. The monoisotopic (exact) mass is 772 g/mol. The van der Waals surface area contributed by atoms with Crippen molar-refractivity contribution in [3.05, 3.63) is 65.1 Å². The number of piperazine rings is 1. The molecular weight excluding hydrogens is 728 g/mol. The molecule has 1 aliphatic heterocycles. The summed E-state index contributed by atoms with van der Waals surface area (Å²) < 4.78 is 71.5. The Balaban J connectivity index is 1.10. The number of amides is 4. The molecule has 0 spiro atoms. The van der Waals surface area contributed by atoms with Gasteiger partial charge in [-0.1, -0.05) is 6.07 Å². The molecule has 1 aromatic heterocycles. The van der Waals surface area contributed by atoms with Crippen LogP contribution in [0.25, 0.3) is 11.5 Å². The number of benzene rings is 2. The molecule has 296 valence electrons. The fraction of sp³-hybridized carbons (Fsp3) is 0.500. The Morgan fingerprint density at radius 2 is 1.65 bits per heavy atom. The number of alkyl halides is 2. The van der Waals surface area contributed by atoms with Crippen LogP contribution >= 0.6 is 0 Å². The van der Waals surface area contributed by atoms with E-state index < -0.39 is 36.2 Å². The highest BCUT2D eigenvalue weighted by Gasteiger charge is 2.35. The minimum Gasteiger partial charge on any atom is -0.490 e. The Kier molecular flexibility index (Phi) is 12.6. The van der Waals surface area contributed by atoms with E-state index in [0.717, 1.165) is 31.7 Å². The summed E-state index contributed by atoms with van der Waals surface area (Å²) >= 11 is 0. The van der Waals surface area contributed by atoms with Crippen molar-refractivity contribution in [3.63, 3.8) is 0 Å². The standard InChI is InChI=1S/C38H44F4N6O7/c1-21(43)33-32(35(51)45-28(20-44-34(50)22-5-6-22)26-11-10-25(39)19-27(26)40)46-36(55-33)24-9-12-29(54-38(41)42)30(18-24)53-17-3-2-4-31(49)47-13-15-48(16-14-47)37(52)23-7-8-23/h9-12,18-19,21-23,28,38H,2-8,13-17,20,43H2,1H3,(H,44,50)(H,45,51)/t21-,28?/m0/s1. The first-order valence-corrected chi connectivity index (χ1v) is 18.5. The fourth-order valence-corrected chi connectivity index (χ4v) is 6.30. The third-order valence-corrected chi connectivity index (χ3v) is 9.67. The number of hydrogen-bond donors (Lipinski definition) is 3. The van der Waals surface area contributed by atoms with E-state index in [2.05, 4.69) is 20.4 Å². The third kappa shape index (κ3) is 10.3. The number of rotatable bonds is 17. The summed E-state index contributed by atoms with van der Waals surface area (Å²) in [5.74, 6) is -3.18. The topological polar surface area (TPSA) is 169 Å². The lowest BCUT2D eigenvalue weighted by molar-refractivity contribution is -0.140. The van der Waals surface area contributed by atoms with Crippen LogP contribution in [0, 0.1) is 23.5 Å². The molecule has 2 atom stereocenters. The number of nitrogens with zero attached hydrogens (tertiary/aromatic N) is 3. The average Bonchev–Trinajstić information content (AvgIpc) is 4.10. The largest absolute Gasteiger partial charge is 0.490 e. The zero-order chi connectivity index (χ0) is 39.2. The van der Waals surface area contributed by atoms with E-state index in [9.17, 15) is 36.7 Å². The van der Waals surface area contributed by atoms with Crippen LogP contribution in [0.3, 0.4) is 0 Å². The number of nitrogens with one attached hydrogen (secondary N) is 2. The summed E-state index contributed by atoms with van der Waals surface area (Å²) in [6.07, 6.45) is 4.45. The SMILES string of the molecule is C[C@H](N)c1oc(-c2ccc(OC(F)F)c(OCCCCC(=O)N3CCN(C(=O)C4CC4)CC3)c2)nc1C(=O)NC(CNC(=O)C1CC1)c1ccc(F)cc1F. The Morgan fingerprint density at radius 1 is 0.945 bits per heavy atom. The highest BCUT2D eigenvalue weighted by atomic mass is 19.3. The number of aromatic nitrogens is 1. The van der Waals surface area contributed by atoms with Crippen molar-refractivity contribution in [3.8, 4) is 23.0 Å². The van der Waals surface area contributed by atoms with Crippen LogP contribution in [0.15, 0.2) is 40.8 Å². The molecule has 0 radical (unpaired) electrons. The first-order chi connectivity index (χ1) is 26.4. The first-order valence-electron chi connectivity index (χ1n) is 18.5. The van der Waals surface area contributed by atoms with Gasteiger partial charge in [-0.15, -0.1) is 0 Å². The normalized spacial score (nSPS) is 16.8. The Bertz CT molecular complexity index is 1880. The predicted octanol–water partition coefficient (Wildman–Crippen LogP) is 4.87. The lowest BCUT2D eigenvalue weighted by Crippen LogP contribution is -2.51. The molecule has 13 nitrogen and oxygen atoms in total. The number of nitrogens with two attached hydrogens (primary N) is 1. The van der Waals surface area contributed by atoms with E-state index in [1.54, 1.807) is 11.8 Å². The summed E-state index contributed by atoms with van der Waals surface area (Å²) in [5.41, 5.74) is 6.03. The van der Waals surface area contributed by atoms with Crippen LogP contribution in [0.1, 0.15) is 85.8 Å². The number of carbonyl (C=O) groups excluding carboxylic acids is 4. The van der Waals surface area contributed by atoms with Crippen LogP contribution in [-0.4, -0.2) is 84.4 Å². The molecule has 17 heteroatoms. The molecule has 2 heterocycles. The highest BCUT2D eigenvalue weighted by Crippen LogP contribution is 2.36.